The summed E-state index contributed by atoms with van der Waals surface area (Å²) in [5, 5.41) is 0. The number of hydrogen-bond donors (Lipinski definition) is 0. The van der Waals surface area contributed by atoms with E-state index in [1.165, 1.54) is 13.3 Å². The van der Waals surface area contributed by atoms with Crippen LogP contribution < -0.4 is 0 Å². The van der Waals surface area contributed by atoms with Gasteiger partial charge in [0.2, 0.25) is 0 Å². The van der Waals surface area contributed by atoms with Crippen LogP contribution in [0.3, 0.4) is 0 Å². The van der Waals surface area contributed by atoms with Gasteiger partial charge in [-0.15, -0.1) is 0 Å². The van der Waals surface area contributed by atoms with Gasteiger partial charge in [-0.1, -0.05) is 0 Å². The van der Waals surface area contributed by atoms with E-state index in [1.807, 2.05) is 0 Å². The fraction of sp³-hybridized carbons (Fsp3) is 0.923. The lowest BCUT2D eigenvalue weighted by atomic mass is 9.89. The molecule has 2 bridgehead atoms. The summed E-state index contributed by atoms with van der Waals surface area (Å²) in [5.74, 6) is 1.51. The number of fused-ring (bicyclic) bond motifs is 2. The van der Waals surface area contributed by atoms with E-state index in [0.29, 0.717) is 29.9 Å². The van der Waals surface area contributed by atoms with Crippen molar-refractivity contribution in [2.75, 3.05) is 27.9 Å². The molecule has 0 amide bonds. The van der Waals surface area contributed by atoms with Crippen molar-refractivity contribution in [1.29, 1.82) is 0 Å². The van der Waals surface area contributed by atoms with Gasteiger partial charge in [0.1, 0.15) is 0 Å². The Labute approximate surface area is 115 Å². The third kappa shape index (κ3) is 2.72. The predicted molar refractivity (Wildman–Crippen MR) is 71.5 cm³/mol. The number of hydrogen-bond acceptors (Lipinski definition) is 5. The molecule has 0 radical (unpaired) electrons. The molecule has 0 aromatic rings. The third-order valence-electron chi connectivity index (χ3n) is 4.81. The van der Waals surface area contributed by atoms with Gasteiger partial charge in [-0.2, -0.15) is 0 Å². The lowest BCUT2D eigenvalue weighted by Gasteiger charge is -2.36. The summed E-state index contributed by atoms with van der Waals surface area (Å²) in [5.41, 5.74) is 0.395. The van der Waals surface area contributed by atoms with E-state index >= 15 is 0 Å². The summed E-state index contributed by atoms with van der Waals surface area (Å²) >= 11 is 0. The Hall–Kier alpha value is -0.433. The van der Waals surface area contributed by atoms with E-state index in [1.54, 1.807) is 21.3 Å². The monoisotopic (exact) mass is 288 g/mol. The van der Waals surface area contributed by atoms with Crippen molar-refractivity contribution in [2.45, 2.75) is 31.7 Å². The van der Waals surface area contributed by atoms with Gasteiger partial charge in [0.15, 0.2) is 0 Å². The minimum absolute atomic E-state index is 0.186. The van der Waals surface area contributed by atoms with Crippen molar-refractivity contribution in [2.24, 2.45) is 17.8 Å². The highest BCUT2D eigenvalue weighted by Gasteiger charge is 2.59. The van der Waals surface area contributed by atoms with Crippen molar-refractivity contribution < 1.29 is 22.8 Å². The van der Waals surface area contributed by atoms with Crippen LogP contribution in [-0.4, -0.2) is 42.7 Å². The van der Waals surface area contributed by atoms with Crippen LogP contribution in [0.4, 0.5) is 0 Å². The number of esters is 1. The first-order chi connectivity index (χ1) is 9.06. The van der Waals surface area contributed by atoms with E-state index in [-0.39, 0.29) is 5.97 Å². The lowest BCUT2D eigenvalue weighted by Crippen LogP contribution is -2.49. The zero-order valence-electron chi connectivity index (χ0n) is 12.2. The molecular formula is C13H24O5Si. The molecule has 4 unspecified atom stereocenters. The molecule has 0 saturated heterocycles. The van der Waals surface area contributed by atoms with Crippen LogP contribution in [0.25, 0.3) is 0 Å². The van der Waals surface area contributed by atoms with E-state index in [2.05, 4.69) is 0 Å². The van der Waals surface area contributed by atoms with Crippen molar-refractivity contribution >= 4 is 14.8 Å². The molecule has 2 aliphatic carbocycles. The maximum atomic E-state index is 10.9. The molecular weight excluding hydrogens is 264 g/mol. The summed E-state index contributed by atoms with van der Waals surface area (Å²) in [4.78, 5) is 10.9. The first-order valence-corrected chi connectivity index (χ1v) is 8.65. The largest absolute Gasteiger partial charge is 0.503 e. The van der Waals surface area contributed by atoms with E-state index in [4.69, 9.17) is 18.0 Å². The molecule has 2 saturated carbocycles. The third-order valence-corrected chi connectivity index (χ3v) is 8.13. The Bertz CT molecular complexity index is 323. The number of rotatable bonds is 6. The Balaban J connectivity index is 1.96. The maximum absolute atomic E-state index is 10.9. The Morgan fingerprint density at radius 3 is 2.11 bits per heavy atom. The summed E-state index contributed by atoms with van der Waals surface area (Å²) in [6.07, 6.45) is 3.34. The molecule has 2 rings (SSSR count). The lowest BCUT2D eigenvalue weighted by molar-refractivity contribution is -0.142. The van der Waals surface area contributed by atoms with Gasteiger partial charge in [-0.05, 0) is 37.0 Å². The standard InChI is InChI=1S/C13H24O5Si/c1-9(14)18-8-12-6-11-5-10(12)7-13(11)19(15-2,16-3)17-4/h10-13H,5-8H2,1-4H3. The average Bonchev–Trinajstić information content (AvgIpc) is 2.99. The fourth-order valence-corrected chi connectivity index (χ4v) is 6.81. The van der Waals surface area contributed by atoms with Crippen LogP contribution in [-0.2, 0) is 22.8 Å². The molecule has 2 aliphatic rings. The van der Waals surface area contributed by atoms with Gasteiger partial charge in [0.25, 0.3) is 0 Å². The topological polar surface area (TPSA) is 54.0 Å². The van der Waals surface area contributed by atoms with Crippen molar-refractivity contribution in [3.63, 3.8) is 0 Å². The van der Waals surface area contributed by atoms with Gasteiger partial charge in [-0.3, -0.25) is 4.79 Å². The highest BCUT2D eigenvalue weighted by molar-refractivity contribution is 6.62. The second kappa shape index (κ2) is 5.91. The molecule has 110 valence electrons. The summed E-state index contributed by atoms with van der Waals surface area (Å²) in [6, 6.07) is 0. The van der Waals surface area contributed by atoms with Crippen LogP contribution in [0.5, 0.6) is 0 Å². The minimum atomic E-state index is -2.52. The SMILES string of the molecule is CO[Si](OC)(OC)C1CC2CC1CC2COC(C)=O. The van der Waals surface area contributed by atoms with Gasteiger partial charge < -0.3 is 18.0 Å². The average molecular weight is 288 g/mol. The number of carbonyl (C=O) groups excluding carboxylic acids is 1. The molecule has 19 heavy (non-hydrogen) atoms. The van der Waals surface area contributed by atoms with Crippen LogP contribution in [0.1, 0.15) is 26.2 Å². The van der Waals surface area contributed by atoms with Gasteiger partial charge in [-0.25, -0.2) is 0 Å². The second-order valence-corrected chi connectivity index (χ2v) is 8.79. The zero-order chi connectivity index (χ0) is 14.0. The highest BCUT2D eigenvalue weighted by atomic mass is 28.4. The van der Waals surface area contributed by atoms with E-state index < -0.39 is 8.80 Å². The molecule has 0 aromatic carbocycles. The molecule has 0 N–H and O–H groups in total. The number of carbonyl (C=O) groups is 1. The van der Waals surface area contributed by atoms with Crippen molar-refractivity contribution in [3.05, 3.63) is 0 Å². The van der Waals surface area contributed by atoms with Crippen LogP contribution in [0, 0.1) is 17.8 Å². The van der Waals surface area contributed by atoms with Crippen LogP contribution >= 0.6 is 0 Å². The second-order valence-electron chi connectivity index (χ2n) is 5.61. The smallest absolute Gasteiger partial charge is 0.466 e. The molecule has 2 fully saturated rings. The molecule has 6 heteroatoms. The van der Waals surface area contributed by atoms with Crippen LogP contribution in [0.2, 0.25) is 5.54 Å². The molecule has 0 heterocycles. The Morgan fingerprint density at radius 1 is 1.05 bits per heavy atom. The number of ether oxygens (including phenoxy) is 1. The quantitative estimate of drug-likeness (QED) is 0.551. The fourth-order valence-electron chi connectivity index (χ4n) is 3.96. The van der Waals surface area contributed by atoms with Crippen molar-refractivity contribution in [3.8, 4) is 0 Å². The summed E-state index contributed by atoms with van der Waals surface area (Å²) in [7, 11) is 2.53. The minimum Gasteiger partial charge on any atom is -0.466 e. The van der Waals surface area contributed by atoms with E-state index in [9.17, 15) is 4.79 Å². The van der Waals surface area contributed by atoms with Gasteiger partial charge in [0.05, 0.1) is 6.61 Å². The first-order valence-electron chi connectivity index (χ1n) is 6.85. The molecule has 0 spiro atoms. The van der Waals surface area contributed by atoms with Crippen LogP contribution in [0.15, 0.2) is 0 Å². The Morgan fingerprint density at radius 2 is 1.68 bits per heavy atom. The molecule has 4 atom stereocenters. The Kier molecular flexibility index (Phi) is 4.65. The van der Waals surface area contributed by atoms with E-state index in [0.717, 1.165) is 12.8 Å². The molecule has 0 aliphatic heterocycles. The molecule has 5 nitrogen and oxygen atoms in total. The van der Waals surface area contributed by atoms with Gasteiger partial charge >= 0.3 is 14.8 Å². The highest BCUT2D eigenvalue weighted by Crippen LogP contribution is 2.58. The summed E-state index contributed by atoms with van der Waals surface area (Å²) in [6.45, 7) is 2.03. The normalized spacial score (nSPS) is 33.7. The van der Waals surface area contributed by atoms with Gasteiger partial charge in [0, 0.05) is 33.8 Å². The maximum Gasteiger partial charge on any atom is 0.503 e. The molecule has 0 aromatic heterocycles. The summed E-state index contributed by atoms with van der Waals surface area (Å²) < 4.78 is 22.0. The first kappa shape index (κ1) is 15.0. The zero-order valence-corrected chi connectivity index (χ0v) is 13.2. The van der Waals surface area contributed by atoms with Crippen molar-refractivity contribution in [1.82, 2.24) is 0 Å². The predicted octanol–water partition coefficient (Wildman–Crippen LogP) is 1.84.